The van der Waals surface area contributed by atoms with Crippen molar-refractivity contribution in [2.45, 2.75) is 25.1 Å². The average Bonchev–Trinajstić information content (AvgIpc) is 3.13. The molecule has 1 aromatic rings. The molecule has 0 heterocycles. The molecule has 1 N–H and O–H groups in total. The lowest BCUT2D eigenvalue weighted by atomic mass is 10.2. The molecule has 1 aliphatic carbocycles. The predicted molar refractivity (Wildman–Crippen MR) is 65.5 cm³/mol. The van der Waals surface area contributed by atoms with E-state index < -0.39 is 17.6 Å². The Morgan fingerprint density at radius 1 is 1.32 bits per heavy atom. The van der Waals surface area contributed by atoms with Gasteiger partial charge in [-0.05, 0) is 38.1 Å². The smallest absolute Gasteiger partial charge is 0.381 e. The van der Waals surface area contributed by atoms with Crippen LogP contribution in [0.2, 0.25) is 0 Å². The Morgan fingerprint density at radius 2 is 2.00 bits per heavy atom. The summed E-state index contributed by atoms with van der Waals surface area (Å²) in [7, 11) is 1.99. The Bertz CT molecular complexity index is 441. The normalized spacial score (nSPS) is 15.9. The molecule has 0 aromatic heterocycles. The summed E-state index contributed by atoms with van der Waals surface area (Å²) in [4.78, 5) is 2.16. The fourth-order valence-corrected chi connectivity index (χ4v) is 1.90. The number of likely N-dealkylation sites (N-methyl/N-ethyl adjacent to an activating group) is 1. The highest BCUT2D eigenvalue weighted by molar-refractivity contribution is 5.46. The van der Waals surface area contributed by atoms with Crippen molar-refractivity contribution in [3.63, 3.8) is 0 Å². The Kier molecular flexibility index (Phi) is 3.99. The van der Waals surface area contributed by atoms with Gasteiger partial charge in [-0.25, -0.2) is 4.39 Å². The first kappa shape index (κ1) is 14.1. The van der Waals surface area contributed by atoms with Crippen LogP contribution in [0.4, 0.5) is 23.2 Å². The van der Waals surface area contributed by atoms with E-state index in [2.05, 4.69) is 10.2 Å². The van der Waals surface area contributed by atoms with Crippen LogP contribution in [0.25, 0.3) is 0 Å². The monoisotopic (exact) mass is 276 g/mol. The van der Waals surface area contributed by atoms with E-state index in [0.717, 1.165) is 18.7 Å². The highest BCUT2D eigenvalue weighted by Gasteiger charge is 2.31. The Labute approximate surface area is 109 Å². The van der Waals surface area contributed by atoms with E-state index in [9.17, 15) is 17.6 Å². The van der Waals surface area contributed by atoms with Crippen LogP contribution in [-0.4, -0.2) is 31.1 Å². The SMILES string of the molecule is CN(CCNc1ccc(C(F)(F)F)cc1F)C1CC1. The van der Waals surface area contributed by atoms with E-state index in [1.54, 1.807) is 0 Å². The molecular weight excluding hydrogens is 260 g/mol. The van der Waals surface area contributed by atoms with Crippen LogP contribution in [0.3, 0.4) is 0 Å². The summed E-state index contributed by atoms with van der Waals surface area (Å²) in [6.07, 6.45) is -2.14. The number of nitrogens with zero attached hydrogens (tertiary/aromatic N) is 1. The highest BCUT2D eigenvalue weighted by atomic mass is 19.4. The van der Waals surface area contributed by atoms with Crippen molar-refractivity contribution in [1.29, 1.82) is 0 Å². The average molecular weight is 276 g/mol. The minimum absolute atomic E-state index is 0.109. The Hall–Kier alpha value is -1.30. The van der Waals surface area contributed by atoms with Crippen LogP contribution in [0.15, 0.2) is 18.2 Å². The van der Waals surface area contributed by atoms with E-state index in [4.69, 9.17) is 0 Å². The van der Waals surface area contributed by atoms with Gasteiger partial charge in [0.25, 0.3) is 0 Å². The second-order valence-electron chi connectivity index (χ2n) is 4.83. The van der Waals surface area contributed by atoms with Gasteiger partial charge in [-0.2, -0.15) is 13.2 Å². The van der Waals surface area contributed by atoms with E-state index in [1.165, 1.54) is 12.8 Å². The Morgan fingerprint density at radius 3 is 2.53 bits per heavy atom. The first-order chi connectivity index (χ1) is 8.88. The maximum atomic E-state index is 13.5. The molecule has 0 unspecified atom stereocenters. The summed E-state index contributed by atoms with van der Waals surface area (Å²) >= 11 is 0. The summed E-state index contributed by atoms with van der Waals surface area (Å²) < 4.78 is 50.6. The Balaban J connectivity index is 1.89. The first-order valence-corrected chi connectivity index (χ1v) is 6.19. The molecule has 2 rings (SSSR count). The van der Waals surface area contributed by atoms with Gasteiger partial charge in [0, 0.05) is 19.1 Å². The van der Waals surface area contributed by atoms with Crippen LogP contribution < -0.4 is 5.32 Å². The maximum Gasteiger partial charge on any atom is 0.416 e. The van der Waals surface area contributed by atoms with Gasteiger partial charge < -0.3 is 10.2 Å². The van der Waals surface area contributed by atoms with E-state index >= 15 is 0 Å². The second kappa shape index (κ2) is 5.36. The zero-order chi connectivity index (χ0) is 14.0. The molecule has 2 nitrogen and oxygen atoms in total. The van der Waals surface area contributed by atoms with Crippen molar-refractivity contribution in [1.82, 2.24) is 4.90 Å². The predicted octanol–water partition coefficient (Wildman–Crippen LogP) is 3.35. The molecule has 0 radical (unpaired) electrons. The summed E-state index contributed by atoms with van der Waals surface area (Å²) in [6, 6.07) is 3.15. The number of hydrogen-bond donors (Lipinski definition) is 1. The number of rotatable bonds is 5. The lowest BCUT2D eigenvalue weighted by molar-refractivity contribution is -0.137. The molecule has 1 aromatic carbocycles. The van der Waals surface area contributed by atoms with Gasteiger partial charge in [-0.3, -0.25) is 0 Å². The molecule has 6 heteroatoms. The first-order valence-electron chi connectivity index (χ1n) is 6.19. The third-order valence-electron chi connectivity index (χ3n) is 3.25. The van der Waals surface area contributed by atoms with Crippen molar-refractivity contribution >= 4 is 5.69 Å². The summed E-state index contributed by atoms with van der Waals surface area (Å²) in [5.74, 6) is -0.871. The minimum Gasteiger partial charge on any atom is -0.381 e. The number of alkyl halides is 3. The van der Waals surface area contributed by atoms with Crippen LogP contribution in [0.1, 0.15) is 18.4 Å². The highest BCUT2D eigenvalue weighted by Crippen LogP contribution is 2.31. The lowest BCUT2D eigenvalue weighted by Crippen LogP contribution is -2.27. The summed E-state index contributed by atoms with van der Waals surface area (Å²) in [5.41, 5.74) is -0.858. The zero-order valence-corrected chi connectivity index (χ0v) is 10.6. The van der Waals surface area contributed by atoms with Crippen molar-refractivity contribution in [2.24, 2.45) is 0 Å². The van der Waals surface area contributed by atoms with Crippen LogP contribution in [0, 0.1) is 5.82 Å². The number of nitrogens with one attached hydrogen (secondary N) is 1. The number of benzene rings is 1. The third-order valence-corrected chi connectivity index (χ3v) is 3.25. The maximum absolute atomic E-state index is 13.5. The summed E-state index contributed by atoms with van der Waals surface area (Å²) in [5, 5.41) is 2.82. The van der Waals surface area contributed by atoms with Gasteiger partial charge in [-0.15, -0.1) is 0 Å². The second-order valence-corrected chi connectivity index (χ2v) is 4.83. The van der Waals surface area contributed by atoms with Crippen molar-refractivity contribution in [3.8, 4) is 0 Å². The summed E-state index contributed by atoms with van der Waals surface area (Å²) in [6.45, 7) is 1.25. The van der Waals surface area contributed by atoms with Crippen LogP contribution >= 0.6 is 0 Å². The third kappa shape index (κ3) is 3.83. The molecule has 0 atom stereocenters. The van der Waals surface area contributed by atoms with Crippen molar-refractivity contribution < 1.29 is 17.6 Å². The van der Waals surface area contributed by atoms with E-state index in [1.807, 2.05) is 7.05 Å². The standard InChI is InChI=1S/C13H16F4N2/c1-19(10-3-4-10)7-6-18-12-5-2-9(8-11(12)14)13(15,16)17/h2,5,8,10,18H,3-4,6-7H2,1H3. The van der Waals surface area contributed by atoms with E-state index in [-0.39, 0.29) is 5.69 Å². The molecule has 0 saturated heterocycles. The van der Waals surface area contributed by atoms with Crippen molar-refractivity contribution in [2.75, 3.05) is 25.5 Å². The quantitative estimate of drug-likeness (QED) is 0.830. The molecular formula is C13H16F4N2. The number of halogens is 4. The molecule has 0 bridgehead atoms. The van der Waals surface area contributed by atoms with Crippen LogP contribution in [-0.2, 0) is 6.18 Å². The molecule has 106 valence electrons. The largest absolute Gasteiger partial charge is 0.416 e. The molecule has 1 saturated carbocycles. The number of anilines is 1. The number of hydrogen-bond acceptors (Lipinski definition) is 2. The molecule has 19 heavy (non-hydrogen) atoms. The molecule has 1 aliphatic rings. The van der Waals surface area contributed by atoms with E-state index in [0.29, 0.717) is 18.7 Å². The van der Waals surface area contributed by atoms with Gasteiger partial charge in [0.15, 0.2) is 0 Å². The van der Waals surface area contributed by atoms with Gasteiger partial charge in [0.05, 0.1) is 11.3 Å². The molecule has 0 amide bonds. The van der Waals surface area contributed by atoms with Gasteiger partial charge in [-0.1, -0.05) is 0 Å². The minimum atomic E-state index is -4.51. The van der Waals surface area contributed by atoms with Gasteiger partial charge in [0.1, 0.15) is 5.82 Å². The fraction of sp³-hybridized carbons (Fsp3) is 0.538. The molecule has 0 aliphatic heterocycles. The van der Waals surface area contributed by atoms with Crippen molar-refractivity contribution in [3.05, 3.63) is 29.6 Å². The zero-order valence-electron chi connectivity index (χ0n) is 10.6. The molecule has 1 fully saturated rings. The van der Waals surface area contributed by atoms with Crippen LogP contribution in [0.5, 0.6) is 0 Å². The molecule has 0 spiro atoms. The lowest BCUT2D eigenvalue weighted by Gasteiger charge is -2.17. The van der Waals surface area contributed by atoms with Gasteiger partial charge >= 0.3 is 6.18 Å². The topological polar surface area (TPSA) is 15.3 Å². The fourth-order valence-electron chi connectivity index (χ4n) is 1.90. The van der Waals surface area contributed by atoms with Gasteiger partial charge in [0.2, 0.25) is 0 Å².